The van der Waals surface area contributed by atoms with Gasteiger partial charge in [-0.15, -0.1) is 0 Å². The average molecular weight is 409 g/mol. The van der Waals surface area contributed by atoms with Crippen LogP contribution in [0.3, 0.4) is 0 Å². The number of halogens is 3. The first kappa shape index (κ1) is 16.7. The third-order valence-electron chi connectivity index (χ3n) is 3.43. The molecule has 0 fully saturated rings. The van der Waals surface area contributed by atoms with E-state index in [0.29, 0.717) is 16.3 Å². The maximum atomic E-state index is 13.8. The number of aryl methyl sites for hydroxylation is 1. The number of carbonyl (C=O) groups is 1. The van der Waals surface area contributed by atoms with Gasteiger partial charge in [0.1, 0.15) is 11.5 Å². The van der Waals surface area contributed by atoms with Crippen LogP contribution in [0.4, 0.5) is 10.1 Å². The number of nitrogens with zero attached hydrogens (tertiary/aromatic N) is 2. The second-order valence-corrected chi connectivity index (χ2v) is 6.48. The van der Waals surface area contributed by atoms with Crippen molar-refractivity contribution in [3.8, 4) is 5.69 Å². The zero-order valence-electron chi connectivity index (χ0n) is 12.6. The highest BCUT2D eigenvalue weighted by Gasteiger charge is 2.14. The van der Waals surface area contributed by atoms with Crippen molar-refractivity contribution >= 4 is 39.1 Å². The van der Waals surface area contributed by atoms with Crippen molar-refractivity contribution in [2.75, 3.05) is 5.32 Å². The zero-order valence-corrected chi connectivity index (χ0v) is 14.9. The quantitative estimate of drug-likeness (QED) is 0.664. The largest absolute Gasteiger partial charge is 0.320 e. The van der Waals surface area contributed by atoms with E-state index < -0.39 is 5.82 Å². The highest BCUT2D eigenvalue weighted by atomic mass is 79.9. The van der Waals surface area contributed by atoms with E-state index in [2.05, 4.69) is 26.3 Å². The zero-order chi connectivity index (χ0) is 17.3. The summed E-state index contributed by atoms with van der Waals surface area (Å²) in [6, 6.07) is 9.76. The molecule has 0 saturated heterocycles. The van der Waals surface area contributed by atoms with Crippen LogP contribution in [0.5, 0.6) is 0 Å². The summed E-state index contributed by atoms with van der Waals surface area (Å²) in [6.45, 7) is 1.84. The van der Waals surface area contributed by atoms with Crippen molar-refractivity contribution in [1.82, 2.24) is 9.78 Å². The first-order valence-corrected chi connectivity index (χ1v) is 8.19. The lowest BCUT2D eigenvalue weighted by Crippen LogP contribution is -2.12. The molecular formula is C17H12BrClFN3O. The van der Waals surface area contributed by atoms with Gasteiger partial charge in [0.15, 0.2) is 0 Å². The summed E-state index contributed by atoms with van der Waals surface area (Å²) in [7, 11) is 0. The number of hydrogen-bond acceptors (Lipinski definition) is 2. The maximum absolute atomic E-state index is 13.8. The van der Waals surface area contributed by atoms with Gasteiger partial charge < -0.3 is 5.32 Å². The fourth-order valence-corrected chi connectivity index (χ4v) is 3.27. The van der Waals surface area contributed by atoms with Crippen LogP contribution < -0.4 is 5.32 Å². The third-order valence-corrected chi connectivity index (χ3v) is 4.19. The fourth-order valence-electron chi connectivity index (χ4n) is 2.26. The summed E-state index contributed by atoms with van der Waals surface area (Å²) in [5, 5.41) is 7.23. The molecule has 0 unspecified atom stereocenters. The molecule has 2 aromatic carbocycles. The van der Waals surface area contributed by atoms with Crippen molar-refractivity contribution in [3.05, 3.63) is 75.2 Å². The minimum Gasteiger partial charge on any atom is -0.320 e. The number of amides is 1. The van der Waals surface area contributed by atoms with Crippen LogP contribution in [0.15, 0.2) is 53.3 Å². The van der Waals surface area contributed by atoms with Gasteiger partial charge in [-0.3, -0.25) is 4.79 Å². The van der Waals surface area contributed by atoms with Gasteiger partial charge in [-0.2, -0.15) is 5.10 Å². The lowest BCUT2D eigenvalue weighted by Gasteiger charge is -2.10. The molecule has 0 aliphatic carbocycles. The van der Waals surface area contributed by atoms with Crippen molar-refractivity contribution in [1.29, 1.82) is 0 Å². The van der Waals surface area contributed by atoms with Crippen LogP contribution in [0.2, 0.25) is 5.02 Å². The molecule has 0 spiro atoms. The normalized spacial score (nSPS) is 10.7. The van der Waals surface area contributed by atoms with Gasteiger partial charge in [0.05, 0.1) is 22.5 Å². The number of carbonyl (C=O) groups excluding carboxylic acids is 1. The summed E-state index contributed by atoms with van der Waals surface area (Å²) < 4.78 is 15.9. The number of hydrogen-bond donors (Lipinski definition) is 1. The monoisotopic (exact) mass is 407 g/mol. The molecule has 24 heavy (non-hydrogen) atoms. The maximum Gasteiger partial charge on any atom is 0.258 e. The van der Waals surface area contributed by atoms with E-state index in [1.165, 1.54) is 23.1 Å². The van der Waals surface area contributed by atoms with Crippen molar-refractivity contribution in [2.45, 2.75) is 6.92 Å². The standard InChI is InChI=1S/C17H12BrClFN3O/c1-10-6-12(18)7-13(19)16(10)22-17(24)11-8-21-23(9-11)15-5-3-2-4-14(15)20/h2-9H,1H3,(H,22,24). The van der Waals surface area contributed by atoms with Crippen molar-refractivity contribution in [3.63, 3.8) is 0 Å². The molecule has 0 radical (unpaired) electrons. The number of aromatic nitrogens is 2. The van der Waals surface area contributed by atoms with E-state index in [1.54, 1.807) is 24.3 Å². The smallest absolute Gasteiger partial charge is 0.258 e. The van der Waals surface area contributed by atoms with E-state index in [9.17, 15) is 9.18 Å². The minimum atomic E-state index is -0.417. The Morgan fingerprint density at radius 2 is 2.08 bits per heavy atom. The molecule has 1 aromatic heterocycles. The molecule has 0 atom stereocenters. The summed E-state index contributed by atoms with van der Waals surface area (Å²) in [5.41, 5.74) is 1.93. The van der Waals surface area contributed by atoms with Crippen LogP contribution >= 0.6 is 27.5 Å². The summed E-state index contributed by atoms with van der Waals surface area (Å²) in [6.07, 6.45) is 2.85. The molecule has 4 nitrogen and oxygen atoms in total. The summed E-state index contributed by atoms with van der Waals surface area (Å²) in [4.78, 5) is 12.4. The topological polar surface area (TPSA) is 46.9 Å². The molecule has 1 N–H and O–H groups in total. The van der Waals surface area contributed by atoms with Crippen LogP contribution in [0, 0.1) is 12.7 Å². The van der Waals surface area contributed by atoms with Gasteiger partial charge in [0.2, 0.25) is 0 Å². The highest BCUT2D eigenvalue weighted by Crippen LogP contribution is 2.30. The Labute approximate surface area is 151 Å². The molecule has 0 saturated carbocycles. The summed E-state index contributed by atoms with van der Waals surface area (Å²) >= 11 is 9.52. The Balaban J connectivity index is 1.86. The van der Waals surface area contributed by atoms with E-state index in [0.717, 1.165) is 10.0 Å². The van der Waals surface area contributed by atoms with Crippen LogP contribution in [0.1, 0.15) is 15.9 Å². The molecular weight excluding hydrogens is 397 g/mol. The number of benzene rings is 2. The minimum absolute atomic E-state index is 0.273. The molecule has 7 heteroatoms. The molecule has 0 aliphatic rings. The Morgan fingerprint density at radius 1 is 1.33 bits per heavy atom. The number of para-hydroxylation sites is 1. The van der Waals surface area contributed by atoms with Gasteiger partial charge in [-0.05, 0) is 36.8 Å². The molecule has 1 amide bonds. The Kier molecular flexibility index (Phi) is 4.69. The molecule has 3 aromatic rings. The van der Waals surface area contributed by atoms with Gasteiger partial charge in [0.25, 0.3) is 5.91 Å². The Hall–Kier alpha value is -2.18. The van der Waals surface area contributed by atoms with Gasteiger partial charge in [0, 0.05) is 10.7 Å². The van der Waals surface area contributed by atoms with E-state index in [1.807, 2.05) is 13.0 Å². The fraction of sp³-hybridized carbons (Fsp3) is 0.0588. The first-order valence-electron chi connectivity index (χ1n) is 7.02. The van der Waals surface area contributed by atoms with E-state index >= 15 is 0 Å². The number of rotatable bonds is 3. The van der Waals surface area contributed by atoms with Gasteiger partial charge >= 0.3 is 0 Å². The molecule has 1 heterocycles. The van der Waals surface area contributed by atoms with Gasteiger partial charge in [-0.25, -0.2) is 9.07 Å². The molecule has 0 aliphatic heterocycles. The van der Waals surface area contributed by atoms with Crippen LogP contribution in [-0.2, 0) is 0 Å². The second kappa shape index (κ2) is 6.75. The van der Waals surface area contributed by atoms with E-state index in [4.69, 9.17) is 11.6 Å². The Bertz CT molecular complexity index is 903. The molecule has 122 valence electrons. The second-order valence-electron chi connectivity index (χ2n) is 5.16. The predicted octanol–water partition coefficient (Wildman–Crippen LogP) is 4.99. The lowest BCUT2D eigenvalue weighted by molar-refractivity contribution is 0.102. The highest BCUT2D eigenvalue weighted by molar-refractivity contribution is 9.10. The van der Waals surface area contributed by atoms with Crippen molar-refractivity contribution in [2.24, 2.45) is 0 Å². The number of anilines is 1. The van der Waals surface area contributed by atoms with Crippen LogP contribution in [0.25, 0.3) is 5.69 Å². The SMILES string of the molecule is Cc1cc(Br)cc(Cl)c1NC(=O)c1cnn(-c2ccccc2F)c1. The predicted molar refractivity (Wildman–Crippen MR) is 95.4 cm³/mol. The van der Waals surface area contributed by atoms with Crippen LogP contribution in [-0.4, -0.2) is 15.7 Å². The first-order chi connectivity index (χ1) is 11.5. The molecule has 3 rings (SSSR count). The molecule has 0 bridgehead atoms. The summed E-state index contributed by atoms with van der Waals surface area (Å²) in [5.74, 6) is -0.788. The third kappa shape index (κ3) is 3.34. The van der Waals surface area contributed by atoms with Crippen molar-refractivity contribution < 1.29 is 9.18 Å². The van der Waals surface area contributed by atoms with Gasteiger partial charge in [-0.1, -0.05) is 39.7 Å². The number of nitrogens with one attached hydrogen (secondary N) is 1. The lowest BCUT2D eigenvalue weighted by atomic mass is 10.2. The Morgan fingerprint density at radius 3 is 2.79 bits per heavy atom. The average Bonchev–Trinajstić information content (AvgIpc) is 3.01. The van der Waals surface area contributed by atoms with E-state index in [-0.39, 0.29) is 11.6 Å².